The van der Waals surface area contributed by atoms with Gasteiger partial charge in [-0.15, -0.1) is 13.2 Å². The minimum Gasteiger partial charge on any atom is -0.405 e. The second-order valence-electron chi connectivity index (χ2n) is 4.88. The van der Waals surface area contributed by atoms with Gasteiger partial charge in [-0.2, -0.15) is 0 Å². The van der Waals surface area contributed by atoms with Crippen LogP contribution in [0.1, 0.15) is 31.2 Å². The summed E-state index contributed by atoms with van der Waals surface area (Å²) in [6.45, 7) is 0. The zero-order valence-corrected chi connectivity index (χ0v) is 10.9. The van der Waals surface area contributed by atoms with Crippen molar-refractivity contribution in [3.8, 4) is 5.75 Å². The molecule has 1 amide bonds. The van der Waals surface area contributed by atoms with E-state index in [1.807, 2.05) is 0 Å². The highest BCUT2D eigenvalue weighted by Crippen LogP contribution is 2.26. The molecule has 0 heterocycles. The van der Waals surface area contributed by atoms with Crippen LogP contribution in [0.15, 0.2) is 24.3 Å². The molecular weight excluding hydrogens is 271 g/mol. The molecule has 0 spiro atoms. The quantitative estimate of drug-likeness (QED) is 0.923. The van der Waals surface area contributed by atoms with Crippen LogP contribution >= 0.6 is 0 Å². The van der Waals surface area contributed by atoms with E-state index in [1.165, 1.54) is 18.2 Å². The molecule has 2 rings (SSSR count). The number of rotatable bonds is 4. The highest BCUT2D eigenvalue weighted by molar-refractivity contribution is 5.79. The number of alkyl halides is 3. The van der Waals surface area contributed by atoms with Gasteiger partial charge in [0, 0.05) is 11.6 Å². The SMILES string of the molecule is O=C(Cc1ccccc1OC(F)(F)F)NC1CCCC1. The fourth-order valence-electron chi connectivity index (χ4n) is 2.40. The third-order valence-electron chi connectivity index (χ3n) is 3.27. The van der Waals surface area contributed by atoms with Gasteiger partial charge in [0.1, 0.15) is 5.75 Å². The molecule has 0 radical (unpaired) electrons. The second kappa shape index (κ2) is 6.15. The lowest BCUT2D eigenvalue weighted by Gasteiger charge is -2.15. The molecule has 3 nitrogen and oxygen atoms in total. The Kier molecular flexibility index (Phi) is 4.52. The normalized spacial score (nSPS) is 16.1. The Morgan fingerprint density at radius 3 is 2.55 bits per heavy atom. The zero-order valence-electron chi connectivity index (χ0n) is 10.9. The van der Waals surface area contributed by atoms with Crippen molar-refractivity contribution >= 4 is 5.91 Å². The van der Waals surface area contributed by atoms with Crippen molar-refractivity contribution < 1.29 is 22.7 Å². The maximum absolute atomic E-state index is 12.3. The molecule has 110 valence electrons. The van der Waals surface area contributed by atoms with Crippen LogP contribution < -0.4 is 10.1 Å². The lowest BCUT2D eigenvalue weighted by molar-refractivity contribution is -0.274. The van der Waals surface area contributed by atoms with Gasteiger partial charge >= 0.3 is 6.36 Å². The summed E-state index contributed by atoms with van der Waals surface area (Å²) in [5.74, 6) is -0.586. The van der Waals surface area contributed by atoms with Crippen LogP contribution in [0.5, 0.6) is 5.75 Å². The Hall–Kier alpha value is -1.72. The monoisotopic (exact) mass is 287 g/mol. The van der Waals surface area contributed by atoms with Crippen molar-refractivity contribution in [2.24, 2.45) is 0 Å². The molecule has 0 unspecified atom stereocenters. The van der Waals surface area contributed by atoms with Gasteiger partial charge in [-0.1, -0.05) is 31.0 Å². The van der Waals surface area contributed by atoms with E-state index in [0.29, 0.717) is 0 Å². The molecule has 1 fully saturated rings. The van der Waals surface area contributed by atoms with Gasteiger partial charge in [0.25, 0.3) is 0 Å². The molecular formula is C14H16F3NO2. The first kappa shape index (κ1) is 14.7. The first-order valence-corrected chi connectivity index (χ1v) is 6.57. The van der Waals surface area contributed by atoms with Gasteiger partial charge in [0.15, 0.2) is 0 Å². The van der Waals surface area contributed by atoms with Gasteiger partial charge < -0.3 is 10.1 Å². The van der Waals surface area contributed by atoms with Crippen LogP contribution in [0.4, 0.5) is 13.2 Å². The lowest BCUT2D eigenvalue weighted by atomic mass is 10.1. The highest BCUT2D eigenvalue weighted by atomic mass is 19.4. The van der Waals surface area contributed by atoms with E-state index in [4.69, 9.17) is 0 Å². The summed E-state index contributed by atoms with van der Waals surface area (Å²) in [4.78, 5) is 11.8. The number of amides is 1. The molecule has 20 heavy (non-hydrogen) atoms. The molecule has 0 bridgehead atoms. The van der Waals surface area contributed by atoms with E-state index in [9.17, 15) is 18.0 Å². The number of hydrogen-bond acceptors (Lipinski definition) is 2. The molecule has 0 saturated heterocycles. The first-order valence-electron chi connectivity index (χ1n) is 6.57. The Morgan fingerprint density at radius 2 is 1.90 bits per heavy atom. The average molecular weight is 287 g/mol. The zero-order chi connectivity index (χ0) is 14.6. The molecule has 1 saturated carbocycles. The number of ether oxygens (including phenoxy) is 1. The fourth-order valence-corrected chi connectivity index (χ4v) is 2.40. The van der Waals surface area contributed by atoms with Crippen LogP contribution in [-0.4, -0.2) is 18.3 Å². The van der Waals surface area contributed by atoms with E-state index >= 15 is 0 Å². The van der Waals surface area contributed by atoms with Crippen molar-refractivity contribution in [1.82, 2.24) is 5.32 Å². The molecule has 0 aromatic heterocycles. The topological polar surface area (TPSA) is 38.3 Å². The fraction of sp³-hybridized carbons (Fsp3) is 0.500. The summed E-state index contributed by atoms with van der Waals surface area (Å²) in [7, 11) is 0. The highest BCUT2D eigenvalue weighted by Gasteiger charge is 2.32. The number of halogens is 3. The summed E-state index contributed by atoms with van der Waals surface area (Å²) in [6.07, 6.45) is -0.822. The van der Waals surface area contributed by atoms with Crippen molar-refractivity contribution in [3.05, 3.63) is 29.8 Å². The second-order valence-corrected chi connectivity index (χ2v) is 4.88. The molecule has 6 heteroatoms. The minimum absolute atomic E-state index is 0.108. The van der Waals surface area contributed by atoms with Crippen molar-refractivity contribution in [2.75, 3.05) is 0 Å². The van der Waals surface area contributed by atoms with Gasteiger partial charge in [-0.25, -0.2) is 0 Å². The van der Waals surface area contributed by atoms with E-state index in [1.54, 1.807) is 6.07 Å². The summed E-state index contributed by atoms with van der Waals surface area (Å²) in [5, 5.41) is 2.84. The molecule has 0 atom stereocenters. The van der Waals surface area contributed by atoms with Crippen LogP contribution in [0, 0.1) is 0 Å². The van der Waals surface area contributed by atoms with E-state index in [0.717, 1.165) is 25.7 Å². The standard InChI is InChI=1S/C14H16F3NO2/c15-14(16,17)20-12-8-4-1-5-10(12)9-13(19)18-11-6-2-3-7-11/h1,4-5,8,11H,2-3,6-7,9H2,(H,18,19). The van der Waals surface area contributed by atoms with Gasteiger partial charge in [-0.05, 0) is 18.9 Å². The number of nitrogens with one attached hydrogen (secondary N) is 1. The first-order chi connectivity index (χ1) is 9.44. The van der Waals surface area contributed by atoms with Crippen molar-refractivity contribution in [1.29, 1.82) is 0 Å². The van der Waals surface area contributed by atoms with E-state index in [-0.39, 0.29) is 29.7 Å². The average Bonchev–Trinajstić information content (AvgIpc) is 2.82. The molecule has 0 aliphatic heterocycles. The number of carbonyl (C=O) groups is 1. The molecule has 1 aliphatic carbocycles. The Balaban J connectivity index is 1.99. The Bertz CT molecular complexity index is 468. The van der Waals surface area contributed by atoms with Crippen molar-refractivity contribution in [2.45, 2.75) is 44.5 Å². The molecule has 1 aliphatic rings. The lowest BCUT2D eigenvalue weighted by Crippen LogP contribution is -2.33. The van der Waals surface area contributed by atoms with Gasteiger partial charge in [-0.3, -0.25) is 4.79 Å². The molecule has 1 aromatic carbocycles. The summed E-state index contributed by atoms with van der Waals surface area (Å²) in [6, 6.07) is 5.86. The predicted molar refractivity (Wildman–Crippen MR) is 67.2 cm³/mol. The number of para-hydroxylation sites is 1. The molecule has 1 aromatic rings. The van der Waals surface area contributed by atoms with Crippen LogP contribution in [0.25, 0.3) is 0 Å². The van der Waals surface area contributed by atoms with Crippen LogP contribution in [0.2, 0.25) is 0 Å². The maximum Gasteiger partial charge on any atom is 0.573 e. The summed E-state index contributed by atoms with van der Waals surface area (Å²) >= 11 is 0. The van der Waals surface area contributed by atoms with Gasteiger partial charge in [0.05, 0.1) is 6.42 Å². The van der Waals surface area contributed by atoms with Gasteiger partial charge in [0.2, 0.25) is 5.91 Å². The Morgan fingerprint density at radius 1 is 1.25 bits per heavy atom. The van der Waals surface area contributed by atoms with Crippen molar-refractivity contribution in [3.63, 3.8) is 0 Å². The third kappa shape index (κ3) is 4.43. The van der Waals surface area contributed by atoms with Crippen LogP contribution in [0.3, 0.4) is 0 Å². The van der Waals surface area contributed by atoms with Crippen LogP contribution in [-0.2, 0) is 11.2 Å². The van der Waals surface area contributed by atoms with E-state index in [2.05, 4.69) is 10.1 Å². The largest absolute Gasteiger partial charge is 0.573 e. The smallest absolute Gasteiger partial charge is 0.405 e. The minimum atomic E-state index is -4.75. The summed E-state index contributed by atoms with van der Waals surface area (Å²) < 4.78 is 40.7. The maximum atomic E-state index is 12.3. The number of hydrogen-bond donors (Lipinski definition) is 1. The molecule has 1 N–H and O–H groups in total. The third-order valence-corrected chi connectivity index (χ3v) is 3.27. The number of benzene rings is 1. The summed E-state index contributed by atoms with van der Waals surface area (Å²) in [5.41, 5.74) is 0.236. The Labute approximate surface area is 115 Å². The van der Waals surface area contributed by atoms with E-state index < -0.39 is 6.36 Å². The predicted octanol–water partition coefficient (Wildman–Crippen LogP) is 3.19. The number of carbonyl (C=O) groups excluding carboxylic acids is 1.